The van der Waals surface area contributed by atoms with Crippen molar-refractivity contribution in [2.24, 2.45) is 18.7 Å². The SMILES string of the molecule is B[C@@]1(N)C[C@@H](F)CN(C(=O)c2cc(OC)c3c(c2)nc(-c2cc4ccccc4n2CC2CC2)n3Cc2cnn(C)c2)C1. The number of halogens is 1. The zero-order valence-corrected chi connectivity index (χ0v) is 24.3. The monoisotopic (exact) mass is 567 g/mol. The molecule has 2 fully saturated rings. The number of amides is 1. The Balaban J connectivity index is 1.40. The number of ether oxygens (including phenoxy) is 1. The van der Waals surface area contributed by atoms with Gasteiger partial charge in [-0.25, -0.2) is 9.37 Å². The lowest BCUT2D eigenvalue weighted by Gasteiger charge is -2.39. The summed E-state index contributed by atoms with van der Waals surface area (Å²) < 4.78 is 26.8. The Kier molecular flexibility index (Phi) is 6.38. The Labute approximate surface area is 244 Å². The van der Waals surface area contributed by atoms with Gasteiger partial charge in [-0.15, -0.1) is 0 Å². The van der Waals surface area contributed by atoms with Crippen LogP contribution in [0.25, 0.3) is 33.5 Å². The van der Waals surface area contributed by atoms with E-state index in [-0.39, 0.29) is 25.4 Å². The summed E-state index contributed by atoms with van der Waals surface area (Å²) in [5.41, 5.74) is 10.6. The fourth-order valence-corrected chi connectivity index (χ4v) is 6.46. The van der Waals surface area contributed by atoms with Crippen molar-refractivity contribution < 1.29 is 13.9 Å². The first-order valence-electron chi connectivity index (χ1n) is 14.6. The normalized spacial score (nSPS) is 21.0. The lowest BCUT2D eigenvalue weighted by Crippen LogP contribution is -2.59. The number of rotatable bonds is 7. The second kappa shape index (κ2) is 10.0. The van der Waals surface area contributed by atoms with Gasteiger partial charge in [0.15, 0.2) is 5.82 Å². The van der Waals surface area contributed by atoms with Gasteiger partial charge in [0.1, 0.15) is 25.3 Å². The highest BCUT2D eigenvalue weighted by molar-refractivity contribution is 6.15. The molecule has 2 aromatic carbocycles. The van der Waals surface area contributed by atoms with Crippen LogP contribution in [0.15, 0.2) is 54.9 Å². The minimum absolute atomic E-state index is 0.0218. The number of carbonyl (C=O) groups is 1. The maximum absolute atomic E-state index is 14.6. The lowest BCUT2D eigenvalue weighted by molar-refractivity contribution is 0.0574. The van der Waals surface area contributed by atoms with Crippen molar-refractivity contribution >= 4 is 35.7 Å². The summed E-state index contributed by atoms with van der Waals surface area (Å²) in [6, 6.07) is 14.2. The van der Waals surface area contributed by atoms with Crippen LogP contribution in [-0.4, -0.2) is 74.4 Å². The smallest absolute Gasteiger partial charge is 0.254 e. The number of piperidine rings is 1. The number of fused-ring (bicyclic) bond motifs is 2. The number of hydrogen-bond acceptors (Lipinski definition) is 5. The molecule has 0 bridgehead atoms. The highest BCUT2D eigenvalue weighted by Crippen LogP contribution is 2.39. The predicted octanol–water partition coefficient (Wildman–Crippen LogP) is 3.33. The van der Waals surface area contributed by atoms with E-state index in [4.69, 9.17) is 15.5 Å². The number of para-hydroxylation sites is 1. The minimum atomic E-state index is -1.16. The van der Waals surface area contributed by atoms with Crippen molar-refractivity contribution in [1.29, 1.82) is 0 Å². The van der Waals surface area contributed by atoms with Crippen LogP contribution in [0.1, 0.15) is 35.2 Å². The zero-order valence-electron chi connectivity index (χ0n) is 24.3. The van der Waals surface area contributed by atoms with Crippen LogP contribution in [0.2, 0.25) is 0 Å². The number of methoxy groups -OCH3 is 1. The van der Waals surface area contributed by atoms with Crippen LogP contribution in [0, 0.1) is 5.92 Å². The largest absolute Gasteiger partial charge is 0.494 e. The summed E-state index contributed by atoms with van der Waals surface area (Å²) in [4.78, 5) is 20.4. The molecule has 1 aliphatic carbocycles. The number of imidazole rings is 1. The van der Waals surface area contributed by atoms with E-state index in [1.165, 1.54) is 23.3 Å². The molecule has 3 aromatic heterocycles. The third-order valence-corrected chi connectivity index (χ3v) is 8.50. The molecule has 42 heavy (non-hydrogen) atoms. The van der Waals surface area contributed by atoms with Gasteiger partial charge in [-0.2, -0.15) is 5.10 Å². The van der Waals surface area contributed by atoms with Gasteiger partial charge in [0.05, 0.1) is 37.6 Å². The molecule has 0 spiro atoms. The number of aryl methyl sites for hydroxylation is 1. The molecule has 216 valence electrons. The Hall–Kier alpha value is -4.12. The quantitative estimate of drug-likeness (QED) is 0.305. The van der Waals surface area contributed by atoms with E-state index < -0.39 is 11.6 Å². The van der Waals surface area contributed by atoms with E-state index in [1.54, 1.807) is 31.8 Å². The van der Waals surface area contributed by atoms with E-state index in [2.05, 4.69) is 44.6 Å². The zero-order chi connectivity index (χ0) is 29.2. The molecule has 1 amide bonds. The van der Waals surface area contributed by atoms with Gasteiger partial charge < -0.3 is 24.5 Å². The van der Waals surface area contributed by atoms with Crippen LogP contribution >= 0.6 is 0 Å². The number of likely N-dealkylation sites (tertiary alicyclic amines) is 1. The molecule has 1 aliphatic heterocycles. The third-order valence-electron chi connectivity index (χ3n) is 8.50. The standard InChI is InChI=1S/C31H35BFN7O2/c1-37-14-20(13-35-37)16-40-28-24(9-22(11-27(28)42-2)30(41)38-17-23(33)12-31(32,34)18-38)36-29(40)26-10-21-5-3-4-6-25(21)39(26)15-19-7-8-19/h3-6,9-11,13-14,19,23H,7-8,12,15-18,32,34H2,1-2H3/t23-,31-/m1/s1. The van der Waals surface area contributed by atoms with Gasteiger partial charge in [0.25, 0.3) is 5.91 Å². The van der Waals surface area contributed by atoms with Crippen molar-refractivity contribution in [1.82, 2.24) is 28.8 Å². The second-order valence-electron chi connectivity index (χ2n) is 12.4. The number of alkyl halides is 1. The van der Waals surface area contributed by atoms with Crippen molar-refractivity contribution in [3.05, 3.63) is 66.0 Å². The van der Waals surface area contributed by atoms with Gasteiger partial charge in [0.2, 0.25) is 0 Å². The van der Waals surface area contributed by atoms with E-state index in [9.17, 15) is 9.18 Å². The van der Waals surface area contributed by atoms with Crippen LogP contribution in [-0.2, 0) is 20.1 Å². The van der Waals surface area contributed by atoms with Crippen molar-refractivity contribution in [2.75, 3.05) is 20.2 Å². The topological polar surface area (TPSA) is 96.1 Å². The van der Waals surface area contributed by atoms with E-state index in [0.29, 0.717) is 29.3 Å². The molecular weight excluding hydrogens is 532 g/mol. The molecule has 2 aliphatic rings. The van der Waals surface area contributed by atoms with Crippen molar-refractivity contribution in [3.63, 3.8) is 0 Å². The first-order chi connectivity index (χ1) is 20.2. The van der Waals surface area contributed by atoms with Gasteiger partial charge >= 0.3 is 0 Å². The maximum Gasteiger partial charge on any atom is 0.254 e. The lowest BCUT2D eigenvalue weighted by atomic mass is 9.72. The number of hydrogen-bond donors (Lipinski definition) is 1. The highest BCUT2D eigenvalue weighted by Gasteiger charge is 2.36. The van der Waals surface area contributed by atoms with Gasteiger partial charge in [-0.1, -0.05) is 18.2 Å². The van der Waals surface area contributed by atoms with Gasteiger partial charge in [-0.05, 0) is 49.4 Å². The van der Waals surface area contributed by atoms with E-state index in [1.807, 2.05) is 19.4 Å². The summed E-state index contributed by atoms with van der Waals surface area (Å²) in [6.45, 7) is 1.76. The molecule has 7 rings (SSSR count). The number of benzene rings is 2. The molecular formula is C31H35BFN7O2. The Morgan fingerprint density at radius 2 is 2.02 bits per heavy atom. The van der Waals surface area contributed by atoms with E-state index >= 15 is 0 Å². The molecule has 4 heterocycles. The van der Waals surface area contributed by atoms with Crippen LogP contribution < -0.4 is 10.5 Å². The molecule has 9 nitrogen and oxygen atoms in total. The van der Waals surface area contributed by atoms with Crippen LogP contribution in [0.4, 0.5) is 4.39 Å². The summed E-state index contributed by atoms with van der Waals surface area (Å²) >= 11 is 0. The molecule has 1 saturated carbocycles. The molecule has 2 atom stereocenters. The minimum Gasteiger partial charge on any atom is -0.494 e. The maximum atomic E-state index is 14.6. The molecule has 2 N–H and O–H groups in total. The Bertz CT molecular complexity index is 1820. The third kappa shape index (κ3) is 4.85. The summed E-state index contributed by atoms with van der Waals surface area (Å²) in [6.07, 6.45) is 5.38. The van der Waals surface area contributed by atoms with Crippen LogP contribution in [0.3, 0.4) is 0 Å². The molecule has 0 radical (unpaired) electrons. The van der Waals surface area contributed by atoms with Crippen molar-refractivity contribution in [3.8, 4) is 17.3 Å². The molecule has 11 heteroatoms. The number of nitrogens with two attached hydrogens (primary N) is 1. The summed E-state index contributed by atoms with van der Waals surface area (Å²) in [5.74, 6) is 1.71. The summed E-state index contributed by atoms with van der Waals surface area (Å²) in [5, 5.41) is 5.54. The highest BCUT2D eigenvalue weighted by atomic mass is 19.1. The fourth-order valence-electron chi connectivity index (χ4n) is 6.46. The number of carbonyl (C=O) groups excluding carboxylic acids is 1. The molecule has 5 aromatic rings. The fraction of sp³-hybridized carbons (Fsp3) is 0.387. The van der Waals surface area contributed by atoms with Gasteiger partial charge in [-0.3, -0.25) is 9.48 Å². The summed E-state index contributed by atoms with van der Waals surface area (Å²) in [7, 11) is 5.29. The van der Waals surface area contributed by atoms with Gasteiger partial charge in [0, 0.05) is 53.8 Å². The van der Waals surface area contributed by atoms with Crippen molar-refractivity contribution in [2.45, 2.75) is 44.0 Å². The Morgan fingerprint density at radius 3 is 2.74 bits per heavy atom. The molecule has 1 saturated heterocycles. The molecule has 0 unspecified atom stereocenters. The Morgan fingerprint density at radius 1 is 1.21 bits per heavy atom. The average Bonchev–Trinajstić information content (AvgIpc) is 3.41. The van der Waals surface area contributed by atoms with E-state index in [0.717, 1.165) is 34.5 Å². The number of nitrogens with zero attached hydrogens (tertiary/aromatic N) is 6. The average molecular weight is 567 g/mol. The first-order valence-corrected chi connectivity index (χ1v) is 14.6. The predicted molar refractivity (Wildman–Crippen MR) is 163 cm³/mol. The van der Waals surface area contributed by atoms with Crippen LogP contribution in [0.5, 0.6) is 5.75 Å². The number of aromatic nitrogens is 5. The second-order valence-corrected chi connectivity index (χ2v) is 12.4. The first kappa shape index (κ1) is 26.8.